The number of hydrogen-bond donors (Lipinski definition) is 1. The van der Waals surface area contributed by atoms with Crippen molar-refractivity contribution in [3.8, 4) is 6.07 Å². The van der Waals surface area contributed by atoms with Gasteiger partial charge < -0.3 is 10.1 Å². The summed E-state index contributed by atoms with van der Waals surface area (Å²) in [7, 11) is 0. The first-order valence-corrected chi connectivity index (χ1v) is 8.13. The quantitative estimate of drug-likeness (QED) is 0.752. The van der Waals surface area contributed by atoms with E-state index in [0.29, 0.717) is 15.7 Å². The molecule has 0 bridgehead atoms. The van der Waals surface area contributed by atoms with Gasteiger partial charge in [-0.05, 0) is 30.3 Å². The van der Waals surface area contributed by atoms with Crippen LogP contribution in [0.25, 0.3) is 0 Å². The molecule has 4 nitrogen and oxygen atoms in total. The van der Waals surface area contributed by atoms with Gasteiger partial charge in [-0.1, -0.05) is 29.3 Å². The van der Waals surface area contributed by atoms with E-state index in [1.54, 1.807) is 23.1 Å². The lowest BCUT2D eigenvalue weighted by Gasteiger charge is -2.18. The summed E-state index contributed by atoms with van der Waals surface area (Å²) < 4.78 is 32.0. The number of nitrogens with zero attached hydrogens (tertiary/aromatic N) is 2. The van der Waals surface area contributed by atoms with Crippen molar-refractivity contribution < 1.29 is 13.5 Å². The first-order valence-electron chi connectivity index (χ1n) is 7.38. The lowest BCUT2D eigenvalue weighted by Crippen LogP contribution is -2.19. The molecule has 3 rings (SSSR count). The van der Waals surface area contributed by atoms with E-state index in [0.717, 1.165) is 12.1 Å². The molecular formula is C18H11Cl2F2N3O. The zero-order valence-corrected chi connectivity index (χ0v) is 14.7. The topological polar surface area (TPSA) is 48.3 Å². The Balaban J connectivity index is 1.84. The highest BCUT2D eigenvalue weighted by molar-refractivity contribution is 6.39. The minimum atomic E-state index is -0.735. The number of halogens is 4. The average molecular weight is 394 g/mol. The third kappa shape index (κ3) is 3.59. The molecule has 1 aliphatic heterocycles. The van der Waals surface area contributed by atoms with Crippen molar-refractivity contribution in [2.24, 2.45) is 0 Å². The van der Waals surface area contributed by atoms with Gasteiger partial charge in [-0.15, -0.1) is 0 Å². The Kier molecular flexibility index (Phi) is 5.31. The first kappa shape index (κ1) is 18.1. The van der Waals surface area contributed by atoms with Crippen LogP contribution >= 0.6 is 23.2 Å². The molecule has 0 amide bonds. The van der Waals surface area contributed by atoms with Gasteiger partial charge in [0.25, 0.3) is 0 Å². The number of benzene rings is 2. The van der Waals surface area contributed by atoms with E-state index in [-0.39, 0.29) is 23.9 Å². The van der Waals surface area contributed by atoms with Crippen LogP contribution in [0.2, 0.25) is 10.0 Å². The van der Waals surface area contributed by atoms with Crippen LogP contribution in [-0.2, 0) is 4.74 Å². The molecule has 8 heteroatoms. The summed E-state index contributed by atoms with van der Waals surface area (Å²) in [5.74, 6) is -1.14. The van der Waals surface area contributed by atoms with Crippen LogP contribution in [0.3, 0.4) is 0 Å². The Morgan fingerprint density at radius 3 is 2.58 bits per heavy atom. The second-order valence-electron chi connectivity index (χ2n) is 5.20. The van der Waals surface area contributed by atoms with E-state index in [9.17, 15) is 14.0 Å². The molecule has 1 N–H and O–H groups in total. The number of allylic oxidation sites excluding steroid dienone is 2. The normalized spacial score (nSPS) is 13.9. The summed E-state index contributed by atoms with van der Waals surface area (Å²) in [6.07, 6.45) is 2.85. The number of para-hydroxylation sites is 1. The third-order valence-corrected chi connectivity index (χ3v) is 4.18. The van der Waals surface area contributed by atoms with Crippen molar-refractivity contribution in [1.82, 2.24) is 0 Å². The highest BCUT2D eigenvalue weighted by Gasteiger charge is 2.27. The molecule has 0 radical (unpaired) electrons. The standard InChI is InChI=1S/C18H11Cl2F2N3O/c19-12-2-1-3-13(20)18(12)25-10-26-17(16(25)9-23)6-7-24-15-5-4-11(21)8-14(15)22/h1-8,24H,10H2/b7-6+. The molecule has 0 aliphatic carbocycles. The number of rotatable bonds is 4. The maximum absolute atomic E-state index is 13.6. The predicted octanol–water partition coefficient (Wildman–Crippen LogP) is 5.43. The fourth-order valence-corrected chi connectivity index (χ4v) is 2.98. The SMILES string of the molecule is N#CC1=C(/C=C/Nc2ccc(F)cc2F)OCN1c1c(Cl)cccc1Cl. The van der Waals surface area contributed by atoms with Crippen LogP contribution in [-0.4, -0.2) is 6.73 Å². The van der Waals surface area contributed by atoms with E-state index in [4.69, 9.17) is 27.9 Å². The highest BCUT2D eigenvalue weighted by atomic mass is 35.5. The summed E-state index contributed by atoms with van der Waals surface area (Å²) in [5.41, 5.74) is 0.761. The molecule has 0 saturated carbocycles. The van der Waals surface area contributed by atoms with Gasteiger partial charge in [0, 0.05) is 12.3 Å². The van der Waals surface area contributed by atoms with Crippen LogP contribution in [0.15, 0.2) is 60.1 Å². The lowest BCUT2D eigenvalue weighted by atomic mass is 10.2. The van der Waals surface area contributed by atoms with Crippen molar-refractivity contribution in [2.45, 2.75) is 0 Å². The Morgan fingerprint density at radius 1 is 1.19 bits per heavy atom. The minimum absolute atomic E-state index is 0.0525. The molecule has 0 fully saturated rings. The van der Waals surface area contributed by atoms with Gasteiger partial charge >= 0.3 is 0 Å². The third-order valence-electron chi connectivity index (χ3n) is 3.57. The van der Waals surface area contributed by atoms with Crippen molar-refractivity contribution in [2.75, 3.05) is 16.9 Å². The van der Waals surface area contributed by atoms with Crippen molar-refractivity contribution >= 4 is 34.6 Å². The smallest absolute Gasteiger partial charge is 0.166 e. The second kappa shape index (κ2) is 7.65. The van der Waals surface area contributed by atoms with Gasteiger partial charge in [-0.3, -0.25) is 4.90 Å². The van der Waals surface area contributed by atoms with Crippen molar-refractivity contribution in [3.63, 3.8) is 0 Å². The monoisotopic (exact) mass is 393 g/mol. The van der Waals surface area contributed by atoms with Gasteiger partial charge in [0.05, 0.1) is 21.4 Å². The molecule has 1 aliphatic rings. The fraction of sp³-hybridized carbons (Fsp3) is 0.0556. The van der Waals surface area contributed by atoms with Crippen LogP contribution in [0.5, 0.6) is 0 Å². The second-order valence-corrected chi connectivity index (χ2v) is 6.01. The molecule has 1 heterocycles. The summed E-state index contributed by atoms with van der Waals surface area (Å²) in [6.45, 7) is 0.0525. The van der Waals surface area contributed by atoms with Crippen LogP contribution in [0, 0.1) is 23.0 Å². The number of nitrogens with one attached hydrogen (secondary N) is 1. The lowest BCUT2D eigenvalue weighted by molar-refractivity contribution is 0.257. The number of nitriles is 1. The molecule has 132 valence electrons. The summed E-state index contributed by atoms with van der Waals surface area (Å²) in [4.78, 5) is 1.54. The van der Waals surface area contributed by atoms with E-state index in [2.05, 4.69) is 5.32 Å². The van der Waals surface area contributed by atoms with E-state index in [1.165, 1.54) is 18.3 Å². The Labute approximate surface area is 158 Å². The van der Waals surface area contributed by atoms with E-state index >= 15 is 0 Å². The van der Waals surface area contributed by atoms with Gasteiger partial charge in [-0.2, -0.15) is 5.26 Å². The molecule has 0 aromatic heterocycles. The molecule has 26 heavy (non-hydrogen) atoms. The molecule has 0 unspecified atom stereocenters. The Hall–Kier alpha value is -2.75. The summed E-state index contributed by atoms with van der Waals surface area (Å²) in [5, 5.41) is 12.9. The number of anilines is 2. The van der Waals surface area contributed by atoms with Crippen LogP contribution < -0.4 is 10.2 Å². The molecule has 0 saturated heterocycles. The van der Waals surface area contributed by atoms with Gasteiger partial charge in [0.2, 0.25) is 0 Å². The summed E-state index contributed by atoms with van der Waals surface area (Å²) >= 11 is 12.4. The minimum Gasteiger partial charge on any atom is -0.470 e. The van der Waals surface area contributed by atoms with Crippen LogP contribution in [0.4, 0.5) is 20.2 Å². The first-order chi connectivity index (χ1) is 12.5. The predicted molar refractivity (Wildman–Crippen MR) is 96.7 cm³/mol. The van der Waals surface area contributed by atoms with Crippen LogP contribution in [0.1, 0.15) is 0 Å². The van der Waals surface area contributed by atoms with Gasteiger partial charge in [0.15, 0.2) is 18.2 Å². The number of ether oxygens (including phenoxy) is 1. The molecule has 0 spiro atoms. The van der Waals surface area contributed by atoms with Gasteiger partial charge in [-0.25, -0.2) is 8.78 Å². The maximum atomic E-state index is 13.6. The van der Waals surface area contributed by atoms with Crippen molar-refractivity contribution in [1.29, 1.82) is 5.26 Å². The Bertz CT molecular complexity index is 934. The highest BCUT2D eigenvalue weighted by Crippen LogP contribution is 2.38. The molecule has 2 aromatic rings. The van der Waals surface area contributed by atoms with Gasteiger partial charge in [0.1, 0.15) is 17.7 Å². The average Bonchev–Trinajstić information content (AvgIpc) is 2.99. The molecular weight excluding hydrogens is 383 g/mol. The molecule has 2 aromatic carbocycles. The van der Waals surface area contributed by atoms with E-state index in [1.807, 2.05) is 6.07 Å². The zero-order valence-electron chi connectivity index (χ0n) is 13.1. The van der Waals surface area contributed by atoms with Crippen molar-refractivity contribution in [3.05, 3.63) is 81.8 Å². The van der Waals surface area contributed by atoms with E-state index < -0.39 is 11.6 Å². The zero-order chi connectivity index (χ0) is 18.7. The number of hydrogen-bond acceptors (Lipinski definition) is 4. The fourth-order valence-electron chi connectivity index (χ4n) is 2.38. The largest absolute Gasteiger partial charge is 0.470 e. The summed E-state index contributed by atoms with van der Waals surface area (Å²) in [6, 6.07) is 10.2. The maximum Gasteiger partial charge on any atom is 0.166 e. The molecule has 0 atom stereocenters. The Morgan fingerprint density at radius 2 is 1.92 bits per heavy atom.